The minimum Gasteiger partial charge on any atom is -0.477 e. The van der Waals surface area contributed by atoms with Crippen molar-refractivity contribution in [2.75, 3.05) is 7.11 Å². The molecule has 8 heteroatoms. The molecule has 1 aromatic heterocycles. The largest absolute Gasteiger partial charge is 0.477 e. The monoisotopic (exact) mass is 296 g/mol. The molecule has 0 unspecified atom stereocenters. The summed E-state index contributed by atoms with van der Waals surface area (Å²) < 4.78 is 18.3. The average Bonchev–Trinajstić information content (AvgIpc) is 2.71. The lowest BCUT2D eigenvalue weighted by atomic mass is 10.1. The highest BCUT2D eigenvalue weighted by molar-refractivity contribution is 6.08. The molecule has 0 spiro atoms. The van der Waals surface area contributed by atoms with E-state index in [-0.39, 0.29) is 11.3 Å². The number of aromatic carboxylic acids is 1. The van der Waals surface area contributed by atoms with Crippen LogP contribution in [0, 0.1) is 5.82 Å². The fourth-order valence-electron chi connectivity index (χ4n) is 1.82. The summed E-state index contributed by atoms with van der Waals surface area (Å²) in [4.78, 5) is 31.2. The van der Waals surface area contributed by atoms with Gasteiger partial charge >= 0.3 is 12.1 Å². The van der Waals surface area contributed by atoms with Crippen LogP contribution in [-0.2, 0) is 11.8 Å². The molecule has 0 bridgehead atoms. The number of carbonyl (C=O) groups is 3. The number of rotatable bonds is 2. The molecule has 1 amide bonds. The lowest BCUT2D eigenvalue weighted by molar-refractivity contribution is 0.0684. The lowest BCUT2D eigenvalue weighted by Crippen LogP contribution is -2.08. The summed E-state index contributed by atoms with van der Waals surface area (Å²) >= 11 is 0. The number of carbonyl (C=O) groups excluding carboxylic acids is 2. The number of aromatic nitrogens is 1. The number of fused-ring (bicyclic) bond motifs is 1. The zero-order chi connectivity index (χ0) is 16.2. The number of aryl methyl sites for hydroxylation is 1. The smallest absolute Gasteiger partial charge is 0.404 e. The molecule has 0 aliphatic carbocycles. The van der Waals surface area contributed by atoms with Gasteiger partial charge in [0.25, 0.3) is 0 Å². The van der Waals surface area contributed by atoms with E-state index in [1.165, 1.54) is 30.9 Å². The van der Waals surface area contributed by atoms with Crippen molar-refractivity contribution >= 4 is 29.3 Å². The Morgan fingerprint density at radius 3 is 2.43 bits per heavy atom. The van der Waals surface area contributed by atoms with Crippen LogP contribution < -0.4 is 5.73 Å². The Morgan fingerprint density at radius 2 is 2.00 bits per heavy atom. The first kappa shape index (κ1) is 16.2. The number of carboxylic acids is 1. The molecule has 2 rings (SSSR count). The van der Waals surface area contributed by atoms with Crippen molar-refractivity contribution in [2.24, 2.45) is 12.8 Å². The molecule has 112 valence electrons. The molecule has 1 aromatic carbocycles. The van der Waals surface area contributed by atoms with Gasteiger partial charge in [-0.15, -0.1) is 0 Å². The summed E-state index contributed by atoms with van der Waals surface area (Å²) in [6, 6.07) is 3.83. The number of halogens is 1. The van der Waals surface area contributed by atoms with Crippen molar-refractivity contribution in [1.82, 2.24) is 4.57 Å². The first-order valence-electron chi connectivity index (χ1n) is 5.63. The minimum absolute atomic E-state index is 0.00417. The van der Waals surface area contributed by atoms with E-state index in [9.17, 15) is 18.8 Å². The zero-order valence-electron chi connectivity index (χ0n) is 11.3. The van der Waals surface area contributed by atoms with Gasteiger partial charge in [-0.1, -0.05) is 0 Å². The molecular formula is C13H13FN2O5. The SMILES string of the molecule is COC(N)=O.Cn1c(C(=O)O)c(C=O)c2cc(F)ccc21. The molecule has 2 aromatic rings. The van der Waals surface area contributed by atoms with Crippen LogP contribution >= 0.6 is 0 Å². The summed E-state index contributed by atoms with van der Waals surface area (Å²) in [6.07, 6.45) is -0.310. The number of primary amides is 1. The molecule has 21 heavy (non-hydrogen) atoms. The molecule has 0 fully saturated rings. The van der Waals surface area contributed by atoms with Crippen molar-refractivity contribution in [2.45, 2.75) is 0 Å². The van der Waals surface area contributed by atoms with Crippen LogP contribution in [0.25, 0.3) is 10.9 Å². The maximum Gasteiger partial charge on any atom is 0.404 e. The van der Waals surface area contributed by atoms with Crippen LogP contribution in [0.1, 0.15) is 20.8 Å². The summed E-state index contributed by atoms with van der Waals surface area (Å²) in [5, 5.41) is 9.29. The Kier molecular flexibility index (Phi) is 5.01. The van der Waals surface area contributed by atoms with Gasteiger partial charge in [0.1, 0.15) is 11.5 Å². The summed E-state index contributed by atoms with van der Waals surface area (Å²) in [6.45, 7) is 0. The second kappa shape index (κ2) is 6.51. The van der Waals surface area contributed by atoms with E-state index in [2.05, 4.69) is 10.5 Å². The Hall–Kier alpha value is -2.90. The maximum atomic E-state index is 13.0. The van der Waals surface area contributed by atoms with E-state index in [4.69, 9.17) is 5.11 Å². The van der Waals surface area contributed by atoms with E-state index in [0.29, 0.717) is 17.2 Å². The zero-order valence-corrected chi connectivity index (χ0v) is 11.3. The van der Waals surface area contributed by atoms with Crippen LogP contribution in [-0.4, -0.2) is 35.1 Å². The second-order valence-corrected chi connectivity index (χ2v) is 3.93. The molecule has 0 radical (unpaired) electrons. The number of hydrogen-bond donors (Lipinski definition) is 2. The topological polar surface area (TPSA) is 112 Å². The first-order chi connectivity index (χ1) is 9.83. The molecule has 0 saturated carbocycles. The molecular weight excluding hydrogens is 283 g/mol. The highest BCUT2D eigenvalue weighted by Gasteiger charge is 2.20. The minimum atomic E-state index is -1.21. The van der Waals surface area contributed by atoms with Gasteiger partial charge in [-0.05, 0) is 18.2 Å². The number of nitrogens with zero attached hydrogens (tertiary/aromatic N) is 1. The third-order valence-electron chi connectivity index (χ3n) is 2.72. The molecule has 7 nitrogen and oxygen atoms in total. The fourth-order valence-corrected chi connectivity index (χ4v) is 1.82. The van der Waals surface area contributed by atoms with Gasteiger partial charge in [-0.3, -0.25) is 4.79 Å². The van der Waals surface area contributed by atoms with Crippen molar-refractivity contribution in [3.05, 3.63) is 35.3 Å². The quantitative estimate of drug-likeness (QED) is 0.816. The Bertz CT molecular complexity index is 708. The van der Waals surface area contributed by atoms with Crippen LogP contribution in [0.3, 0.4) is 0 Å². The highest BCUT2D eigenvalue weighted by Crippen LogP contribution is 2.24. The Balaban J connectivity index is 0.000000383. The predicted molar refractivity (Wildman–Crippen MR) is 71.8 cm³/mol. The van der Waals surface area contributed by atoms with Crippen LogP contribution in [0.5, 0.6) is 0 Å². The van der Waals surface area contributed by atoms with Gasteiger partial charge < -0.3 is 20.1 Å². The van der Waals surface area contributed by atoms with Gasteiger partial charge in [0.15, 0.2) is 6.29 Å². The predicted octanol–water partition coefficient (Wildman–Crippen LogP) is 1.54. The Labute approximate surface area is 118 Å². The van der Waals surface area contributed by atoms with Crippen molar-refractivity contribution < 1.29 is 28.6 Å². The normalized spacial score (nSPS) is 9.67. The number of amides is 1. The van der Waals surface area contributed by atoms with Crippen LogP contribution in [0.15, 0.2) is 18.2 Å². The van der Waals surface area contributed by atoms with Gasteiger partial charge in [-0.2, -0.15) is 0 Å². The number of nitrogens with two attached hydrogens (primary N) is 1. The van der Waals surface area contributed by atoms with Crippen LogP contribution in [0.4, 0.5) is 9.18 Å². The van der Waals surface area contributed by atoms with Crippen LogP contribution in [0.2, 0.25) is 0 Å². The molecule has 3 N–H and O–H groups in total. The maximum absolute atomic E-state index is 13.0. The highest BCUT2D eigenvalue weighted by atomic mass is 19.1. The van der Waals surface area contributed by atoms with E-state index in [1.807, 2.05) is 0 Å². The lowest BCUT2D eigenvalue weighted by Gasteiger charge is -1.98. The third kappa shape index (κ3) is 3.35. The average molecular weight is 296 g/mol. The third-order valence-corrected chi connectivity index (χ3v) is 2.72. The van der Waals surface area contributed by atoms with Gasteiger partial charge in [0.05, 0.1) is 12.7 Å². The van der Waals surface area contributed by atoms with E-state index >= 15 is 0 Å². The van der Waals surface area contributed by atoms with Crippen molar-refractivity contribution in [3.8, 4) is 0 Å². The van der Waals surface area contributed by atoms with E-state index in [0.717, 1.165) is 6.07 Å². The summed E-state index contributed by atoms with van der Waals surface area (Å²) in [7, 11) is 2.75. The van der Waals surface area contributed by atoms with Crippen molar-refractivity contribution in [3.63, 3.8) is 0 Å². The summed E-state index contributed by atoms with van der Waals surface area (Å²) in [5.74, 6) is -1.71. The fraction of sp³-hybridized carbons (Fsp3) is 0.154. The second-order valence-electron chi connectivity index (χ2n) is 3.93. The summed E-state index contributed by atoms with van der Waals surface area (Å²) in [5.41, 5.74) is 4.82. The number of ether oxygens (including phenoxy) is 1. The van der Waals surface area contributed by atoms with Gasteiger partial charge in [0, 0.05) is 18.0 Å². The van der Waals surface area contributed by atoms with E-state index in [1.54, 1.807) is 0 Å². The number of carboxylic acid groups (broad SMARTS) is 1. The molecule has 0 saturated heterocycles. The molecule has 0 aliphatic rings. The van der Waals surface area contributed by atoms with Gasteiger partial charge in [0.2, 0.25) is 0 Å². The van der Waals surface area contributed by atoms with Gasteiger partial charge in [-0.25, -0.2) is 14.0 Å². The number of hydrogen-bond acceptors (Lipinski definition) is 4. The molecule has 0 aliphatic heterocycles. The van der Waals surface area contributed by atoms with E-state index < -0.39 is 17.9 Å². The Morgan fingerprint density at radius 1 is 1.43 bits per heavy atom. The number of benzene rings is 1. The molecule has 1 heterocycles. The van der Waals surface area contributed by atoms with Crippen molar-refractivity contribution in [1.29, 1.82) is 0 Å². The number of methoxy groups -OCH3 is 1. The standard InChI is InChI=1S/C11H8FNO3.C2H5NO2/c1-13-9-3-2-6(12)4-7(9)8(5-14)10(13)11(15)16;1-5-2(3)4/h2-5H,1H3,(H,15,16);1H3,(H2,3,4). The molecule has 0 atom stereocenters. The number of aldehydes is 1. The first-order valence-corrected chi connectivity index (χ1v) is 5.63.